The minimum atomic E-state index is -0.966. The molecule has 2 atom stereocenters. The SMILES string of the molecule is O=C(Nc1cccc(NC(=O)[C@@H]2CC=CC[C@H]2C(=O)O)c1)c1cccs1. The van der Waals surface area contributed by atoms with Gasteiger partial charge in [0.25, 0.3) is 5.91 Å². The Bertz CT molecular complexity index is 845. The summed E-state index contributed by atoms with van der Waals surface area (Å²) in [7, 11) is 0. The number of anilines is 2. The number of nitrogens with one attached hydrogen (secondary N) is 2. The second-order valence-corrected chi connectivity index (χ2v) is 6.94. The van der Waals surface area contributed by atoms with Crippen LogP contribution in [-0.4, -0.2) is 22.9 Å². The number of carboxylic acids is 1. The molecule has 0 spiro atoms. The quantitative estimate of drug-likeness (QED) is 0.701. The van der Waals surface area contributed by atoms with Crippen LogP contribution >= 0.6 is 11.3 Å². The van der Waals surface area contributed by atoms with E-state index in [0.717, 1.165) is 0 Å². The van der Waals surface area contributed by atoms with Gasteiger partial charge in [-0.3, -0.25) is 14.4 Å². The van der Waals surface area contributed by atoms with E-state index < -0.39 is 17.8 Å². The summed E-state index contributed by atoms with van der Waals surface area (Å²) in [5, 5.41) is 16.7. The van der Waals surface area contributed by atoms with Gasteiger partial charge < -0.3 is 15.7 Å². The minimum Gasteiger partial charge on any atom is -0.481 e. The van der Waals surface area contributed by atoms with Gasteiger partial charge >= 0.3 is 5.97 Å². The summed E-state index contributed by atoms with van der Waals surface area (Å²) < 4.78 is 0. The van der Waals surface area contributed by atoms with Gasteiger partial charge in [0.1, 0.15) is 0 Å². The van der Waals surface area contributed by atoms with E-state index in [1.165, 1.54) is 11.3 Å². The monoisotopic (exact) mass is 370 g/mol. The van der Waals surface area contributed by atoms with Crippen molar-refractivity contribution in [2.24, 2.45) is 11.8 Å². The predicted molar refractivity (Wildman–Crippen MR) is 100 cm³/mol. The highest BCUT2D eigenvalue weighted by Crippen LogP contribution is 2.27. The lowest BCUT2D eigenvalue weighted by molar-refractivity contribution is -0.146. The molecular formula is C19H18N2O4S. The Hall–Kier alpha value is -2.93. The van der Waals surface area contributed by atoms with Gasteiger partial charge in [0.05, 0.1) is 16.7 Å². The van der Waals surface area contributed by atoms with Crippen LogP contribution in [0.4, 0.5) is 11.4 Å². The molecule has 6 nitrogen and oxygen atoms in total. The maximum atomic E-state index is 12.5. The molecular weight excluding hydrogens is 352 g/mol. The smallest absolute Gasteiger partial charge is 0.307 e. The Morgan fingerprint density at radius 1 is 0.962 bits per heavy atom. The van der Waals surface area contributed by atoms with Crippen molar-refractivity contribution in [3.8, 4) is 0 Å². The fourth-order valence-electron chi connectivity index (χ4n) is 2.89. The molecule has 0 radical (unpaired) electrons. The van der Waals surface area contributed by atoms with E-state index >= 15 is 0 Å². The summed E-state index contributed by atoms with van der Waals surface area (Å²) in [4.78, 5) is 36.6. The van der Waals surface area contributed by atoms with Crippen LogP contribution in [0.15, 0.2) is 53.9 Å². The molecule has 1 aromatic heterocycles. The minimum absolute atomic E-state index is 0.216. The summed E-state index contributed by atoms with van der Waals surface area (Å²) in [6.45, 7) is 0. The van der Waals surface area contributed by atoms with Crippen LogP contribution in [-0.2, 0) is 9.59 Å². The molecule has 3 rings (SSSR count). The number of aliphatic carboxylic acids is 1. The fraction of sp³-hybridized carbons (Fsp3) is 0.211. The molecule has 0 aliphatic heterocycles. The first-order valence-electron chi connectivity index (χ1n) is 8.18. The number of rotatable bonds is 5. The third-order valence-electron chi connectivity index (χ3n) is 4.22. The summed E-state index contributed by atoms with van der Waals surface area (Å²) in [6.07, 6.45) is 4.38. The number of carboxylic acid groups (broad SMARTS) is 1. The van der Waals surface area contributed by atoms with Crippen molar-refractivity contribution in [3.63, 3.8) is 0 Å². The Kier molecular flexibility index (Phi) is 5.48. The Morgan fingerprint density at radius 2 is 1.65 bits per heavy atom. The summed E-state index contributed by atoms with van der Waals surface area (Å²) in [5.74, 6) is -2.84. The van der Waals surface area contributed by atoms with Gasteiger partial charge in [0.15, 0.2) is 0 Å². The summed E-state index contributed by atoms with van der Waals surface area (Å²) in [6, 6.07) is 10.3. The molecule has 2 aromatic rings. The van der Waals surface area contributed by atoms with E-state index in [1.54, 1.807) is 42.5 Å². The molecule has 1 aromatic carbocycles. The fourth-order valence-corrected chi connectivity index (χ4v) is 3.51. The standard InChI is InChI=1S/C19H18N2O4S/c22-17(14-7-1-2-8-15(14)19(24)25)20-12-5-3-6-13(11-12)21-18(23)16-9-4-10-26-16/h1-6,9-11,14-15H,7-8H2,(H,20,22)(H,21,23)(H,24,25)/t14-,15-/m1/s1. The van der Waals surface area contributed by atoms with Crippen LogP contribution < -0.4 is 10.6 Å². The topological polar surface area (TPSA) is 95.5 Å². The number of benzene rings is 1. The third-order valence-corrected chi connectivity index (χ3v) is 5.09. The molecule has 0 fully saturated rings. The van der Waals surface area contributed by atoms with Gasteiger partial charge in [-0.2, -0.15) is 0 Å². The van der Waals surface area contributed by atoms with Crippen LogP contribution in [0, 0.1) is 11.8 Å². The van der Waals surface area contributed by atoms with Gasteiger partial charge in [0, 0.05) is 11.4 Å². The number of carbonyl (C=O) groups excluding carboxylic acids is 2. The van der Waals surface area contributed by atoms with Crippen LogP contribution in [0.1, 0.15) is 22.5 Å². The zero-order valence-electron chi connectivity index (χ0n) is 13.8. The van der Waals surface area contributed by atoms with E-state index in [0.29, 0.717) is 29.1 Å². The molecule has 1 aliphatic carbocycles. The van der Waals surface area contributed by atoms with Crippen LogP contribution in [0.2, 0.25) is 0 Å². The van der Waals surface area contributed by atoms with Gasteiger partial charge in [-0.1, -0.05) is 24.3 Å². The normalized spacial score (nSPS) is 18.9. The van der Waals surface area contributed by atoms with Crippen LogP contribution in [0.25, 0.3) is 0 Å². The Balaban J connectivity index is 1.68. The van der Waals surface area contributed by atoms with Crippen molar-refractivity contribution in [1.82, 2.24) is 0 Å². The number of hydrogen-bond donors (Lipinski definition) is 3. The van der Waals surface area contributed by atoms with Gasteiger partial charge in [-0.25, -0.2) is 0 Å². The molecule has 0 bridgehead atoms. The summed E-state index contributed by atoms with van der Waals surface area (Å²) >= 11 is 1.34. The van der Waals surface area contributed by atoms with Crippen molar-refractivity contribution in [3.05, 3.63) is 58.8 Å². The number of amides is 2. The lowest BCUT2D eigenvalue weighted by atomic mass is 9.82. The first-order valence-corrected chi connectivity index (χ1v) is 9.06. The van der Waals surface area contributed by atoms with E-state index in [2.05, 4.69) is 10.6 Å². The van der Waals surface area contributed by atoms with Crippen LogP contribution in [0.5, 0.6) is 0 Å². The van der Waals surface area contributed by atoms with Gasteiger partial charge in [-0.05, 0) is 42.5 Å². The number of allylic oxidation sites excluding steroid dienone is 2. The van der Waals surface area contributed by atoms with E-state index in [-0.39, 0.29) is 11.8 Å². The molecule has 0 unspecified atom stereocenters. The van der Waals surface area contributed by atoms with Crippen LogP contribution in [0.3, 0.4) is 0 Å². The van der Waals surface area contributed by atoms with Crippen molar-refractivity contribution in [1.29, 1.82) is 0 Å². The van der Waals surface area contributed by atoms with Crippen molar-refractivity contribution >= 4 is 40.5 Å². The maximum Gasteiger partial charge on any atom is 0.307 e. The average molecular weight is 370 g/mol. The van der Waals surface area contributed by atoms with Gasteiger partial charge in [-0.15, -0.1) is 11.3 Å². The molecule has 1 heterocycles. The molecule has 26 heavy (non-hydrogen) atoms. The predicted octanol–water partition coefficient (Wildman–Crippen LogP) is 3.61. The third kappa shape index (κ3) is 4.18. The summed E-state index contributed by atoms with van der Waals surface area (Å²) in [5.41, 5.74) is 1.07. The van der Waals surface area contributed by atoms with Crippen molar-refractivity contribution < 1.29 is 19.5 Å². The molecule has 0 saturated carbocycles. The molecule has 7 heteroatoms. The average Bonchev–Trinajstić information content (AvgIpc) is 3.17. The molecule has 2 amide bonds. The van der Waals surface area contributed by atoms with Crippen molar-refractivity contribution in [2.75, 3.05) is 10.6 Å². The highest BCUT2D eigenvalue weighted by atomic mass is 32.1. The highest BCUT2D eigenvalue weighted by Gasteiger charge is 2.33. The largest absolute Gasteiger partial charge is 0.481 e. The molecule has 1 aliphatic rings. The number of hydrogen-bond acceptors (Lipinski definition) is 4. The Labute approximate surface area is 154 Å². The lowest BCUT2D eigenvalue weighted by Gasteiger charge is -2.24. The molecule has 134 valence electrons. The van der Waals surface area contributed by atoms with Crippen molar-refractivity contribution in [2.45, 2.75) is 12.8 Å². The van der Waals surface area contributed by atoms with Gasteiger partial charge in [0.2, 0.25) is 5.91 Å². The van der Waals surface area contributed by atoms with E-state index in [1.807, 2.05) is 11.5 Å². The van der Waals surface area contributed by atoms with E-state index in [9.17, 15) is 19.5 Å². The zero-order valence-corrected chi connectivity index (χ0v) is 14.7. The van der Waals surface area contributed by atoms with E-state index in [4.69, 9.17) is 0 Å². The first-order chi connectivity index (χ1) is 12.5. The number of thiophene rings is 1. The second-order valence-electron chi connectivity index (χ2n) is 6.00. The Morgan fingerprint density at radius 3 is 2.31 bits per heavy atom. The first kappa shape index (κ1) is 17.9. The number of carbonyl (C=O) groups is 3. The molecule has 3 N–H and O–H groups in total. The highest BCUT2D eigenvalue weighted by molar-refractivity contribution is 7.12. The zero-order chi connectivity index (χ0) is 18.5. The second kappa shape index (κ2) is 7.97. The molecule has 0 saturated heterocycles. The maximum absolute atomic E-state index is 12.5. The lowest BCUT2D eigenvalue weighted by Crippen LogP contribution is -2.34.